The van der Waals surface area contributed by atoms with Gasteiger partial charge in [0.05, 0.1) is 16.1 Å². The van der Waals surface area contributed by atoms with E-state index in [1.807, 2.05) is 37.3 Å². The van der Waals surface area contributed by atoms with E-state index in [2.05, 4.69) is 65.9 Å². The average Bonchev–Trinajstić information content (AvgIpc) is 2.64. The van der Waals surface area contributed by atoms with Gasteiger partial charge in [0.25, 0.3) is 0 Å². The highest BCUT2D eigenvalue weighted by atomic mass is 79.9. The Morgan fingerprint density at radius 1 is 1.22 bits per heavy atom. The van der Waals surface area contributed by atoms with E-state index < -0.39 is 0 Å². The number of hydrogen-bond donors (Lipinski definition) is 0. The summed E-state index contributed by atoms with van der Waals surface area (Å²) < 4.78 is -0.171. The number of allylic oxidation sites excluding steroid dienone is 2. The normalized spacial score (nSPS) is 21.7. The Morgan fingerprint density at radius 2 is 1.96 bits per heavy atom. The van der Waals surface area contributed by atoms with E-state index in [0.29, 0.717) is 10.9 Å². The summed E-state index contributed by atoms with van der Waals surface area (Å²) in [5.41, 5.74) is 2.70. The molecule has 0 saturated carbocycles. The van der Waals surface area contributed by atoms with Gasteiger partial charge < -0.3 is 4.90 Å². The fraction of sp³-hybridized carbons (Fsp3) is 0.364. The van der Waals surface area contributed by atoms with Crippen molar-refractivity contribution >= 4 is 33.5 Å². The fourth-order valence-corrected chi connectivity index (χ4v) is 4.23. The van der Waals surface area contributed by atoms with Crippen LogP contribution in [0.5, 0.6) is 0 Å². The van der Waals surface area contributed by atoms with Crippen LogP contribution in [0.4, 0.5) is 5.95 Å². The van der Waals surface area contributed by atoms with E-state index in [1.54, 1.807) is 0 Å². The molecule has 3 rings (SSSR count). The quantitative estimate of drug-likeness (QED) is 0.511. The molecule has 2 aromatic rings. The fourth-order valence-electron chi connectivity index (χ4n) is 3.45. The Labute approximate surface area is 175 Å². The van der Waals surface area contributed by atoms with E-state index in [4.69, 9.17) is 21.6 Å². The van der Waals surface area contributed by atoms with Gasteiger partial charge >= 0.3 is 0 Å². The molecule has 0 bridgehead atoms. The molecule has 1 aliphatic carbocycles. The van der Waals surface area contributed by atoms with Gasteiger partial charge in [-0.2, -0.15) is 0 Å². The average molecular weight is 447 g/mol. The third-order valence-electron chi connectivity index (χ3n) is 5.02. The molecule has 0 N–H and O–H groups in total. The van der Waals surface area contributed by atoms with Crippen LogP contribution in [0, 0.1) is 12.8 Å². The van der Waals surface area contributed by atoms with Crippen LogP contribution in [-0.4, -0.2) is 26.9 Å². The van der Waals surface area contributed by atoms with Crippen molar-refractivity contribution < 1.29 is 0 Å². The summed E-state index contributed by atoms with van der Waals surface area (Å²) in [5.74, 6) is 1.13. The third-order valence-corrected chi connectivity index (χ3v) is 7.00. The van der Waals surface area contributed by atoms with Crippen molar-refractivity contribution in [2.75, 3.05) is 11.4 Å². The number of anilines is 1. The second kappa shape index (κ2) is 8.15. The van der Waals surface area contributed by atoms with Gasteiger partial charge in [-0.1, -0.05) is 83.9 Å². The highest BCUT2D eigenvalue weighted by Gasteiger charge is 2.40. The van der Waals surface area contributed by atoms with Crippen LogP contribution in [0.2, 0.25) is 5.02 Å². The van der Waals surface area contributed by atoms with Crippen LogP contribution in [0.15, 0.2) is 54.6 Å². The zero-order chi connectivity index (χ0) is 19.6. The molecule has 0 spiro atoms. The van der Waals surface area contributed by atoms with Crippen LogP contribution in [0.1, 0.15) is 26.5 Å². The molecule has 2 unspecified atom stereocenters. The molecule has 1 aromatic carbocycles. The number of benzene rings is 1. The van der Waals surface area contributed by atoms with Gasteiger partial charge in [0.2, 0.25) is 5.95 Å². The molecule has 0 saturated heterocycles. The summed E-state index contributed by atoms with van der Waals surface area (Å²) in [6.45, 7) is 9.39. The Morgan fingerprint density at radius 3 is 2.63 bits per heavy atom. The molecule has 1 aromatic heterocycles. The van der Waals surface area contributed by atoms with Crippen LogP contribution in [0.25, 0.3) is 11.3 Å². The molecule has 0 aliphatic heterocycles. The van der Waals surface area contributed by atoms with Gasteiger partial charge in [0.1, 0.15) is 0 Å². The highest BCUT2D eigenvalue weighted by molar-refractivity contribution is 9.10. The first-order valence-electron chi connectivity index (χ1n) is 9.29. The molecule has 27 heavy (non-hydrogen) atoms. The van der Waals surface area contributed by atoms with Gasteiger partial charge in [-0.05, 0) is 31.9 Å². The molecule has 2 atom stereocenters. The summed E-state index contributed by atoms with van der Waals surface area (Å²) >= 11 is 10.4. The molecule has 5 heteroatoms. The van der Waals surface area contributed by atoms with Gasteiger partial charge in [0.15, 0.2) is 0 Å². The number of hydrogen-bond acceptors (Lipinski definition) is 3. The molecule has 0 radical (unpaired) electrons. The molecule has 142 valence electrons. The minimum atomic E-state index is -0.171. The van der Waals surface area contributed by atoms with Crippen LogP contribution >= 0.6 is 27.5 Å². The van der Waals surface area contributed by atoms with Crippen molar-refractivity contribution in [1.82, 2.24) is 9.97 Å². The summed E-state index contributed by atoms with van der Waals surface area (Å²) in [6, 6.07) is 9.90. The lowest BCUT2D eigenvalue weighted by Gasteiger charge is -2.43. The molecular weight excluding hydrogens is 422 g/mol. The van der Waals surface area contributed by atoms with E-state index in [-0.39, 0.29) is 10.4 Å². The maximum Gasteiger partial charge on any atom is 0.226 e. The van der Waals surface area contributed by atoms with Gasteiger partial charge in [0, 0.05) is 22.8 Å². The maximum atomic E-state index is 6.41. The SMILES string of the molecule is CCN(c1nc(C)cc(-c2ccccc2Cl)n1)C1C=CC=CC1(Br)C(C)C. The standard InChI is InChI=1S/C22H25BrClN3/c1-5-27(20-12-8-9-13-22(20,23)15(2)3)21-25-16(4)14-19(26-21)17-10-6-7-11-18(17)24/h6-15,20H,5H2,1-4H3. The van der Waals surface area contributed by atoms with E-state index in [1.165, 1.54) is 0 Å². The van der Waals surface area contributed by atoms with Crippen molar-refractivity contribution in [3.05, 3.63) is 65.4 Å². The number of rotatable bonds is 5. The van der Waals surface area contributed by atoms with Crippen molar-refractivity contribution in [3.63, 3.8) is 0 Å². The first-order chi connectivity index (χ1) is 12.9. The largest absolute Gasteiger partial charge is 0.333 e. The van der Waals surface area contributed by atoms with Crippen molar-refractivity contribution in [3.8, 4) is 11.3 Å². The summed E-state index contributed by atoms with van der Waals surface area (Å²) in [4.78, 5) is 11.9. The second-order valence-corrected chi connectivity index (χ2v) is 8.91. The minimum Gasteiger partial charge on any atom is -0.333 e. The van der Waals surface area contributed by atoms with Crippen LogP contribution in [0.3, 0.4) is 0 Å². The van der Waals surface area contributed by atoms with Gasteiger partial charge in [-0.25, -0.2) is 9.97 Å². The van der Waals surface area contributed by atoms with Crippen LogP contribution in [-0.2, 0) is 0 Å². The number of alkyl halides is 1. The smallest absolute Gasteiger partial charge is 0.226 e. The Hall–Kier alpha value is -1.65. The molecular formula is C22H25BrClN3. The summed E-state index contributed by atoms with van der Waals surface area (Å²) in [6.07, 6.45) is 8.65. The second-order valence-electron chi connectivity index (χ2n) is 7.13. The number of aryl methyl sites for hydroxylation is 1. The number of aromatic nitrogens is 2. The Bertz CT molecular complexity index is 878. The number of halogens is 2. The Kier molecular flexibility index (Phi) is 6.07. The van der Waals surface area contributed by atoms with E-state index in [9.17, 15) is 0 Å². The van der Waals surface area contributed by atoms with Gasteiger partial charge in [-0.15, -0.1) is 0 Å². The third kappa shape index (κ3) is 3.97. The molecule has 1 aliphatic rings. The predicted octanol–water partition coefficient (Wildman–Crippen LogP) is 6.22. The lowest BCUT2D eigenvalue weighted by Crippen LogP contribution is -2.51. The monoisotopic (exact) mass is 445 g/mol. The first kappa shape index (κ1) is 20.1. The highest BCUT2D eigenvalue weighted by Crippen LogP contribution is 2.40. The van der Waals surface area contributed by atoms with Crippen molar-refractivity contribution in [2.45, 2.75) is 38.1 Å². The first-order valence-corrected chi connectivity index (χ1v) is 10.5. The van der Waals surface area contributed by atoms with Crippen LogP contribution < -0.4 is 4.90 Å². The minimum absolute atomic E-state index is 0.119. The summed E-state index contributed by atoms with van der Waals surface area (Å²) in [5, 5.41) is 0.696. The summed E-state index contributed by atoms with van der Waals surface area (Å²) in [7, 11) is 0. The zero-order valence-corrected chi connectivity index (χ0v) is 18.5. The van der Waals surface area contributed by atoms with Gasteiger partial charge in [-0.3, -0.25) is 0 Å². The molecule has 0 fully saturated rings. The molecule has 1 heterocycles. The lowest BCUT2D eigenvalue weighted by molar-refractivity contribution is 0.454. The van der Waals surface area contributed by atoms with E-state index >= 15 is 0 Å². The molecule has 0 amide bonds. The molecule has 3 nitrogen and oxygen atoms in total. The van der Waals surface area contributed by atoms with E-state index in [0.717, 1.165) is 29.4 Å². The van der Waals surface area contributed by atoms with Crippen molar-refractivity contribution in [2.24, 2.45) is 5.92 Å². The topological polar surface area (TPSA) is 29.0 Å². The Balaban J connectivity index is 2.07. The lowest BCUT2D eigenvalue weighted by atomic mass is 9.84. The van der Waals surface area contributed by atoms with Crippen molar-refractivity contribution in [1.29, 1.82) is 0 Å². The predicted molar refractivity (Wildman–Crippen MR) is 119 cm³/mol. The number of nitrogens with zero attached hydrogens (tertiary/aromatic N) is 3. The maximum absolute atomic E-state index is 6.41. The number of likely N-dealkylation sites (N-methyl/N-ethyl adjacent to an activating group) is 1. The zero-order valence-electron chi connectivity index (χ0n) is 16.2.